The summed E-state index contributed by atoms with van der Waals surface area (Å²) in [5.41, 5.74) is 2.56. The van der Waals surface area contributed by atoms with Crippen molar-refractivity contribution in [2.45, 2.75) is 13.8 Å². The predicted octanol–water partition coefficient (Wildman–Crippen LogP) is 0.649. The van der Waals surface area contributed by atoms with Gasteiger partial charge in [0.2, 0.25) is 5.91 Å². The topological polar surface area (TPSA) is 83.5 Å². The van der Waals surface area contributed by atoms with Crippen LogP contribution in [0.4, 0.5) is 5.69 Å². The maximum atomic E-state index is 11.6. The van der Waals surface area contributed by atoms with Gasteiger partial charge in [-0.25, -0.2) is 8.42 Å². The first kappa shape index (κ1) is 14.7. The molecule has 0 aliphatic heterocycles. The highest BCUT2D eigenvalue weighted by Gasteiger charge is 2.16. The van der Waals surface area contributed by atoms with Crippen molar-refractivity contribution >= 4 is 21.4 Å². The van der Waals surface area contributed by atoms with E-state index >= 15 is 0 Å². The SMILES string of the molecule is Cc1cc(C)cc(NC(=O)CS(=O)(=O)CCO)c1. The Balaban J connectivity index is 2.71. The molecule has 100 valence electrons. The van der Waals surface area contributed by atoms with Crippen molar-refractivity contribution in [2.75, 3.05) is 23.4 Å². The lowest BCUT2D eigenvalue weighted by atomic mass is 10.1. The van der Waals surface area contributed by atoms with E-state index < -0.39 is 33.9 Å². The summed E-state index contributed by atoms with van der Waals surface area (Å²) < 4.78 is 22.7. The monoisotopic (exact) mass is 271 g/mol. The molecule has 0 radical (unpaired) electrons. The Morgan fingerprint density at radius 1 is 1.22 bits per heavy atom. The zero-order chi connectivity index (χ0) is 13.8. The number of hydrogen-bond acceptors (Lipinski definition) is 4. The molecule has 18 heavy (non-hydrogen) atoms. The van der Waals surface area contributed by atoms with Gasteiger partial charge < -0.3 is 10.4 Å². The second kappa shape index (κ2) is 5.97. The molecule has 2 N–H and O–H groups in total. The molecule has 5 nitrogen and oxygen atoms in total. The van der Waals surface area contributed by atoms with Crippen LogP contribution in [0.3, 0.4) is 0 Å². The summed E-state index contributed by atoms with van der Waals surface area (Å²) >= 11 is 0. The fourth-order valence-corrected chi connectivity index (χ4v) is 2.55. The molecule has 0 aromatic heterocycles. The van der Waals surface area contributed by atoms with Crippen LogP contribution in [-0.4, -0.2) is 37.5 Å². The van der Waals surface area contributed by atoms with Crippen molar-refractivity contribution < 1.29 is 18.3 Å². The van der Waals surface area contributed by atoms with E-state index in [1.54, 1.807) is 12.1 Å². The molecule has 0 aliphatic rings. The molecule has 0 heterocycles. The van der Waals surface area contributed by atoms with Crippen molar-refractivity contribution in [2.24, 2.45) is 0 Å². The minimum Gasteiger partial charge on any atom is -0.395 e. The van der Waals surface area contributed by atoms with Gasteiger partial charge in [0, 0.05) is 5.69 Å². The van der Waals surface area contributed by atoms with Crippen molar-refractivity contribution in [3.05, 3.63) is 29.3 Å². The molecule has 0 unspecified atom stereocenters. The van der Waals surface area contributed by atoms with Crippen LogP contribution in [0.5, 0.6) is 0 Å². The Bertz CT molecular complexity index is 517. The molecule has 0 saturated carbocycles. The quantitative estimate of drug-likeness (QED) is 0.823. The summed E-state index contributed by atoms with van der Waals surface area (Å²) in [7, 11) is -3.53. The summed E-state index contributed by atoms with van der Waals surface area (Å²) in [5.74, 6) is -1.60. The number of sulfone groups is 1. The summed E-state index contributed by atoms with van der Waals surface area (Å²) in [6, 6.07) is 5.49. The first-order chi connectivity index (χ1) is 8.32. The van der Waals surface area contributed by atoms with Gasteiger partial charge in [0.1, 0.15) is 5.75 Å². The van der Waals surface area contributed by atoms with Crippen LogP contribution in [0.1, 0.15) is 11.1 Å². The molecule has 1 aromatic rings. The van der Waals surface area contributed by atoms with E-state index in [0.717, 1.165) is 11.1 Å². The highest BCUT2D eigenvalue weighted by atomic mass is 32.2. The smallest absolute Gasteiger partial charge is 0.239 e. The molecular weight excluding hydrogens is 254 g/mol. The lowest BCUT2D eigenvalue weighted by Crippen LogP contribution is -2.25. The molecule has 0 saturated heterocycles. The summed E-state index contributed by atoms with van der Waals surface area (Å²) in [6.07, 6.45) is 0. The van der Waals surface area contributed by atoms with Gasteiger partial charge >= 0.3 is 0 Å². The summed E-state index contributed by atoms with van der Waals surface area (Å²) in [4.78, 5) is 11.6. The normalized spacial score (nSPS) is 11.3. The third-order valence-electron chi connectivity index (χ3n) is 2.26. The fourth-order valence-electron chi connectivity index (χ4n) is 1.65. The van der Waals surface area contributed by atoms with Gasteiger partial charge in [-0.1, -0.05) is 6.07 Å². The molecular formula is C12H17NO4S. The Labute approximate surface area is 107 Å². The molecule has 1 aromatic carbocycles. The zero-order valence-corrected chi connectivity index (χ0v) is 11.3. The van der Waals surface area contributed by atoms with Crippen molar-refractivity contribution in [3.8, 4) is 0 Å². The van der Waals surface area contributed by atoms with Gasteiger partial charge in [-0.2, -0.15) is 0 Å². The highest BCUT2D eigenvalue weighted by Crippen LogP contribution is 2.13. The number of benzene rings is 1. The molecule has 1 amide bonds. The minimum absolute atomic E-state index is 0.396. The van der Waals surface area contributed by atoms with E-state index in [1.165, 1.54) is 0 Å². The standard InChI is InChI=1S/C12H17NO4S/c1-9-5-10(2)7-11(6-9)13-12(15)8-18(16,17)4-3-14/h5-7,14H,3-4,8H2,1-2H3,(H,13,15). The van der Waals surface area contributed by atoms with E-state index in [9.17, 15) is 13.2 Å². The molecule has 1 rings (SSSR count). The number of hydrogen-bond donors (Lipinski definition) is 2. The summed E-state index contributed by atoms with van der Waals surface area (Å²) in [6.45, 7) is 3.31. The maximum absolute atomic E-state index is 11.6. The van der Waals surface area contributed by atoms with Gasteiger partial charge in [-0.3, -0.25) is 4.79 Å². The number of aliphatic hydroxyl groups excluding tert-OH is 1. The lowest BCUT2D eigenvalue weighted by Gasteiger charge is -2.07. The van der Waals surface area contributed by atoms with Crippen LogP contribution in [0.2, 0.25) is 0 Å². The number of nitrogens with one attached hydrogen (secondary N) is 1. The highest BCUT2D eigenvalue weighted by molar-refractivity contribution is 7.92. The molecule has 0 aliphatic carbocycles. The summed E-state index contributed by atoms with van der Waals surface area (Å²) in [5, 5.41) is 11.1. The Morgan fingerprint density at radius 2 is 1.78 bits per heavy atom. The molecule has 0 bridgehead atoms. The maximum Gasteiger partial charge on any atom is 0.239 e. The van der Waals surface area contributed by atoms with E-state index in [-0.39, 0.29) is 0 Å². The van der Waals surface area contributed by atoms with Crippen molar-refractivity contribution in [3.63, 3.8) is 0 Å². The van der Waals surface area contributed by atoms with Crippen molar-refractivity contribution in [1.82, 2.24) is 0 Å². The second-order valence-electron chi connectivity index (χ2n) is 4.24. The number of aliphatic hydroxyl groups is 1. The van der Waals surface area contributed by atoms with Gasteiger partial charge in [0.05, 0.1) is 12.4 Å². The van der Waals surface area contributed by atoms with E-state index in [2.05, 4.69) is 5.32 Å². The Kier molecular flexibility index (Phi) is 4.86. The van der Waals surface area contributed by atoms with Crippen molar-refractivity contribution in [1.29, 1.82) is 0 Å². The van der Waals surface area contributed by atoms with E-state index in [4.69, 9.17) is 5.11 Å². The zero-order valence-electron chi connectivity index (χ0n) is 10.4. The number of amides is 1. The van der Waals surface area contributed by atoms with Crippen LogP contribution in [0.15, 0.2) is 18.2 Å². The van der Waals surface area contributed by atoms with E-state index in [1.807, 2.05) is 19.9 Å². The number of aryl methyl sites for hydroxylation is 2. The average molecular weight is 271 g/mol. The number of carbonyl (C=O) groups excluding carboxylic acids is 1. The number of rotatable bonds is 5. The molecule has 6 heteroatoms. The predicted molar refractivity (Wildman–Crippen MR) is 70.3 cm³/mol. The third kappa shape index (κ3) is 4.85. The Morgan fingerprint density at radius 3 is 2.28 bits per heavy atom. The fraction of sp³-hybridized carbons (Fsp3) is 0.417. The van der Waals surface area contributed by atoms with Gasteiger partial charge in [-0.15, -0.1) is 0 Å². The number of carbonyl (C=O) groups is 1. The minimum atomic E-state index is -3.53. The lowest BCUT2D eigenvalue weighted by molar-refractivity contribution is -0.113. The molecule has 0 fully saturated rings. The molecule has 0 atom stereocenters. The van der Waals surface area contributed by atoms with Crippen LogP contribution in [0.25, 0.3) is 0 Å². The largest absolute Gasteiger partial charge is 0.395 e. The first-order valence-corrected chi connectivity index (χ1v) is 7.34. The second-order valence-corrected chi connectivity index (χ2v) is 6.42. The van der Waals surface area contributed by atoms with Crippen LogP contribution in [0, 0.1) is 13.8 Å². The molecule has 0 spiro atoms. The number of anilines is 1. The first-order valence-electron chi connectivity index (χ1n) is 5.52. The van der Waals surface area contributed by atoms with Crippen LogP contribution >= 0.6 is 0 Å². The van der Waals surface area contributed by atoms with Crippen LogP contribution in [-0.2, 0) is 14.6 Å². The van der Waals surface area contributed by atoms with Gasteiger partial charge in [-0.05, 0) is 37.1 Å². The van der Waals surface area contributed by atoms with E-state index in [0.29, 0.717) is 5.69 Å². The Hall–Kier alpha value is -1.40. The van der Waals surface area contributed by atoms with Crippen LogP contribution < -0.4 is 5.32 Å². The van der Waals surface area contributed by atoms with Gasteiger partial charge in [0.15, 0.2) is 9.84 Å². The van der Waals surface area contributed by atoms with Gasteiger partial charge in [0.25, 0.3) is 0 Å². The third-order valence-corrected chi connectivity index (χ3v) is 3.77. The average Bonchev–Trinajstić information content (AvgIpc) is 2.13.